The minimum Gasteiger partial charge on any atom is -0.356 e. The molecular formula is C18H22ClN3O4. The van der Waals surface area contributed by atoms with Crippen LogP contribution < -0.4 is 10.6 Å². The minimum absolute atomic E-state index is 0.0447. The van der Waals surface area contributed by atoms with E-state index in [4.69, 9.17) is 16.3 Å². The molecule has 0 aliphatic carbocycles. The smallest absolute Gasteiger partial charge is 0.251 e. The summed E-state index contributed by atoms with van der Waals surface area (Å²) in [5.41, 5.74) is 0.621. The van der Waals surface area contributed by atoms with E-state index in [-0.39, 0.29) is 37.3 Å². The van der Waals surface area contributed by atoms with Gasteiger partial charge in [0.05, 0.1) is 6.04 Å². The Morgan fingerprint density at radius 1 is 1.27 bits per heavy atom. The number of rotatable bonds is 5. The van der Waals surface area contributed by atoms with Gasteiger partial charge < -0.3 is 20.3 Å². The minimum atomic E-state index is -0.894. The van der Waals surface area contributed by atoms with Crippen LogP contribution >= 0.6 is 11.6 Å². The van der Waals surface area contributed by atoms with E-state index in [0.717, 1.165) is 25.9 Å². The van der Waals surface area contributed by atoms with Gasteiger partial charge in [-0.05, 0) is 24.5 Å². The van der Waals surface area contributed by atoms with E-state index in [1.165, 1.54) is 0 Å². The molecule has 0 aromatic heterocycles. The van der Waals surface area contributed by atoms with Gasteiger partial charge in [0.25, 0.3) is 5.91 Å². The van der Waals surface area contributed by atoms with E-state index in [9.17, 15) is 14.4 Å². The molecule has 2 N–H and O–H groups in total. The third-order valence-corrected chi connectivity index (χ3v) is 4.95. The van der Waals surface area contributed by atoms with Gasteiger partial charge in [0.15, 0.2) is 6.10 Å². The Kier molecular flexibility index (Phi) is 6.11. The second-order valence-corrected chi connectivity index (χ2v) is 6.83. The van der Waals surface area contributed by atoms with Gasteiger partial charge >= 0.3 is 0 Å². The van der Waals surface area contributed by atoms with Crippen LogP contribution in [-0.2, 0) is 19.1 Å². The quantitative estimate of drug-likeness (QED) is 0.799. The Morgan fingerprint density at radius 3 is 2.73 bits per heavy atom. The van der Waals surface area contributed by atoms with E-state index in [0.29, 0.717) is 10.6 Å². The Morgan fingerprint density at radius 2 is 2.00 bits per heavy atom. The van der Waals surface area contributed by atoms with E-state index in [1.54, 1.807) is 24.3 Å². The average Bonchev–Trinajstić information content (AvgIpc) is 3.16. The molecule has 2 atom stereocenters. The Bertz CT molecular complexity index is 691. The predicted octanol–water partition coefficient (Wildman–Crippen LogP) is 1.02. The van der Waals surface area contributed by atoms with Crippen LogP contribution in [0.2, 0.25) is 5.02 Å². The second kappa shape index (κ2) is 8.51. The summed E-state index contributed by atoms with van der Waals surface area (Å²) in [4.78, 5) is 38.1. The zero-order valence-corrected chi connectivity index (χ0v) is 15.1. The van der Waals surface area contributed by atoms with E-state index < -0.39 is 12.1 Å². The van der Waals surface area contributed by atoms with Crippen molar-refractivity contribution in [3.63, 3.8) is 0 Å². The zero-order valence-electron chi connectivity index (χ0n) is 14.4. The number of benzene rings is 1. The van der Waals surface area contributed by atoms with E-state index >= 15 is 0 Å². The number of amides is 3. The molecule has 0 unspecified atom stereocenters. The standard InChI is InChI=1S/C18H22ClN3O4/c19-13-6-2-1-5-12(13)16-17(26-11-14(23)21-16)18(25)20-8-7-15(24)22-9-3-4-10-22/h1-2,5-6,16-17H,3-4,7-11H2,(H,20,25)(H,21,23)/t16-,17+/m1/s1. The Labute approximate surface area is 157 Å². The molecule has 2 heterocycles. The summed E-state index contributed by atoms with van der Waals surface area (Å²) in [5, 5.41) is 5.95. The van der Waals surface area contributed by atoms with Crippen molar-refractivity contribution in [1.29, 1.82) is 0 Å². The van der Waals surface area contributed by atoms with Gasteiger partial charge in [-0.3, -0.25) is 14.4 Å². The number of likely N-dealkylation sites (tertiary alicyclic amines) is 1. The fraction of sp³-hybridized carbons (Fsp3) is 0.500. The van der Waals surface area contributed by atoms with Crippen molar-refractivity contribution in [1.82, 2.24) is 15.5 Å². The molecule has 0 spiro atoms. The lowest BCUT2D eigenvalue weighted by molar-refractivity contribution is -0.148. The molecule has 0 bridgehead atoms. The highest BCUT2D eigenvalue weighted by Gasteiger charge is 2.37. The molecule has 2 aliphatic heterocycles. The molecule has 7 nitrogen and oxygen atoms in total. The molecule has 0 radical (unpaired) electrons. The molecule has 0 saturated carbocycles. The normalized spacial score (nSPS) is 22.8. The van der Waals surface area contributed by atoms with Gasteiger partial charge in [0.2, 0.25) is 11.8 Å². The first-order valence-corrected chi connectivity index (χ1v) is 9.15. The third-order valence-electron chi connectivity index (χ3n) is 4.61. The molecule has 2 aliphatic rings. The Hall–Kier alpha value is -2.12. The van der Waals surface area contributed by atoms with Crippen LogP contribution in [0.15, 0.2) is 24.3 Å². The number of nitrogens with one attached hydrogen (secondary N) is 2. The number of nitrogens with zero attached hydrogens (tertiary/aromatic N) is 1. The maximum absolute atomic E-state index is 12.5. The number of hydrogen-bond donors (Lipinski definition) is 2. The second-order valence-electron chi connectivity index (χ2n) is 6.43. The summed E-state index contributed by atoms with van der Waals surface area (Å²) in [6, 6.07) is 6.34. The number of halogens is 1. The van der Waals surface area contributed by atoms with Crippen molar-refractivity contribution in [2.75, 3.05) is 26.2 Å². The molecule has 2 saturated heterocycles. The summed E-state index contributed by atoms with van der Waals surface area (Å²) in [6.07, 6.45) is 1.43. The lowest BCUT2D eigenvalue weighted by atomic mass is 9.99. The fourth-order valence-electron chi connectivity index (χ4n) is 3.27. The largest absolute Gasteiger partial charge is 0.356 e. The van der Waals surface area contributed by atoms with Gasteiger partial charge in [-0.25, -0.2) is 0 Å². The lowest BCUT2D eigenvalue weighted by Crippen LogP contribution is -2.52. The van der Waals surface area contributed by atoms with Crippen LogP contribution in [0.1, 0.15) is 30.9 Å². The molecule has 1 aromatic carbocycles. The van der Waals surface area contributed by atoms with Gasteiger partial charge in [0, 0.05) is 31.1 Å². The van der Waals surface area contributed by atoms with Crippen LogP contribution in [0.5, 0.6) is 0 Å². The predicted molar refractivity (Wildman–Crippen MR) is 95.5 cm³/mol. The van der Waals surface area contributed by atoms with Crippen LogP contribution in [0.25, 0.3) is 0 Å². The summed E-state index contributed by atoms with van der Waals surface area (Å²) >= 11 is 6.21. The van der Waals surface area contributed by atoms with Crippen molar-refractivity contribution < 1.29 is 19.1 Å². The first-order valence-electron chi connectivity index (χ1n) is 8.77. The van der Waals surface area contributed by atoms with Crippen LogP contribution in [0.4, 0.5) is 0 Å². The van der Waals surface area contributed by atoms with Crippen LogP contribution in [0, 0.1) is 0 Å². The first kappa shape index (κ1) is 18.7. The number of carbonyl (C=O) groups is 3. The lowest BCUT2D eigenvalue weighted by Gasteiger charge is -2.32. The van der Waals surface area contributed by atoms with E-state index in [1.807, 2.05) is 4.90 Å². The fourth-order valence-corrected chi connectivity index (χ4v) is 3.52. The van der Waals surface area contributed by atoms with Crippen LogP contribution in [0.3, 0.4) is 0 Å². The van der Waals surface area contributed by atoms with Crippen molar-refractivity contribution in [2.45, 2.75) is 31.4 Å². The summed E-state index contributed by atoms with van der Waals surface area (Å²) < 4.78 is 5.45. The molecular weight excluding hydrogens is 358 g/mol. The number of morpholine rings is 1. The van der Waals surface area contributed by atoms with Gasteiger partial charge in [-0.1, -0.05) is 29.8 Å². The summed E-state index contributed by atoms with van der Waals surface area (Å²) in [7, 11) is 0. The number of hydrogen-bond acceptors (Lipinski definition) is 4. The highest BCUT2D eigenvalue weighted by Crippen LogP contribution is 2.28. The molecule has 3 amide bonds. The molecule has 8 heteroatoms. The molecule has 140 valence electrons. The van der Waals surface area contributed by atoms with Crippen LogP contribution in [-0.4, -0.2) is 55.0 Å². The van der Waals surface area contributed by atoms with Crippen molar-refractivity contribution in [3.8, 4) is 0 Å². The number of ether oxygens (including phenoxy) is 1. The molecule has 2 fully saturated rings. The first-order chi connectivity index (χ1) is 12.6. The van der Waals surface area contributed by atoms with Gasteiger partial charge in [-0.15, -0.1) is 0 Å². The monoisotopic (exact) mass is 379 g/mol. The maximum Gasteiger partial charge on any atom is 0.251 e. The third kappa shape index (κ3) is 4.34. The highest BCUT2D eigenvalue weighted by molar-refractivity contribution is 6.31. The zero-order chi connectivity index (χ0) is 18.5. The van der Waals surface area contributed by atoms with Crippen molar-refractivity contribution >= 4 is 29.3 Å². The summed E-state index contributed by atoms with van der Waals surface area (Å²) in [5.74, 6) is -0.629. The molecule has 3 rings (SSSR count). The average molecular weight is 380 g/mol. The topological polar surface area (TPSA) is 87.7 Å². The van der Waals surface area contributed by atoms with E-state index in [2.05, 4.69) is 10.6 Å². The number of carbonyl (C=O) groups excluding carboxylic acids is 3. The highest BCUT2D eigenvalue weighted by atomic mass is 35.5. The van der Waals surface area contributed by atoms with Crippen molar-refractivity contribution in [2.24, 2.45) is 0 Å². The summed E-state index contributed by atoms with van der Waals surface area (Å²) in [6.45, 7) is 1.63. The molecule has 1 aromatic rings. The van der Waals surface area contributed by atoms with Gasteiger partial charge in [0.1, 0.15) is 6.61 Å². The van der Waals surface area contributed by atoms with Crippen molar-refractivity contribution in [3.05, 3.63) is 34.9 Å². The molecule has 26 heavy (non-hydrogen) atoms. The SMILES string of the molecule is O=C1CO[C@H](C(=O)NCCC(=O)N2CCCC2)[C@@H](c2ccccc2Cl)N1. The Balaban J connectivity index is 1.60. The van der Waals surface area contributed by atoms with Gasteiger partial charge in [-0.2, -0.15) is 0 Å². The maximum atomic E-state index is 12.5.